The van der Waals surface area contributed by atoms with Gasteiger partial charge in [-0.1, -0.05) is 23.7 Å². The van der Waals surface area contributed by atoms with E-state index in [2.05, 4.69) is 5.10 Å². The van der Waals surface area contributed by atoms with Crippen LogP contribution in [0.4, 0.5) is 11.4 Å². The number of anilines is 2. The Labute approximate surface area is 173 Å². The molecule has 1 atom stereocenters. The lowest BCUT2D eigenvalue weighted by atomic mass is 10.1. The van der Waals surface area contributed by atoms with Gasteiger partial charge in [-0.2, -0.15) is 0 Å². The van der Waals surface area contributed by atoms with E-state index >= 15 is 0 Å². The smallest absolute Gasteiger partial charge is 0.377 e. The number of para-hydroxylation sites is 1. The van der Waals surface area contributed by atoms with Crippen molar-refractivity contribution in [3.05, 3.63) is 59.1 Å². The first-order valence-corrected chi connectivity index (χ1v) is 9.51. The van der Waals surface area contributed by atoms with E-state index in [0.29, 0.717) is 10.6 Å². The molecule has 0 aliphatic carbocycles. The second kappa shape index (κ2) is 7.29. The molecule has 4 rings (SSSR count). The molecule has 0 radical (unpaired) electrons. The quantitative estimate of drug-likeness (QED) is 0.721. The molecule has 2 aliphatic rings. The Kier molecular flexibility index (Phi) is 4.79. The molecule has 0 fully saturated rings. The predicted octanol–water partition coefficient (Wildman–Crippen LogP) is 2.76. The zero-order valence-electron chi connectivity index (χ0n) is 16.2. The number of carbonyl (C=O) groups excluding carboxylic acids is 2. The molecule has 1 unspecified atom stereocenters. The molecule has 0 saturated carbocycles. The monoisotopic (exact) mass is 413 g/mol. The molecule has 150 valence electrons. The van der Waals surface area contributed by atoms with Crippen LogP contribution in [0.25, 0.3) is 0 Å². The molecule has 0 bridgehead atoms. The number of carbonyl (C=O) groups is 2. The van der Waals surface area contributed by atoms with Gasteiger partial charge in [0.2, 0.25) is 6.29 Å². The summed E-state index contributed by atoms with van der Waals surface area (Å²) in [5.74, 6) is -0.819. The molecule has 8 nitrogen and oxygen atoms in total. The number of amides is 1. The standard InChI is InChI=1S/C20H20ClN5O3/c1-4-29-19(28)17-22-25(14-11-9-13(21)10-12-14)20-23(2)16-8-6-5-7-15(16)18(27)24(3)26(17)20/h5-12,20H,4H2,1-3H3. The number of esters is 1. The molecule has 1 amide bonds. The van der Waals surface area contributed by atoms with Crippen molar-refractivity contribution in [2.75, 3.05) is 30.6 Å². The summed E-state index contributed by atoms with van der Waals surface area (Å²) < 4.78 is 5.20. The van der Waals surface area contributed by atoms with E-state index in [0.717, 1.165) is 11.4 Å². The number of hydrogen-bond donors (Lipinski definition) is 0. The third-order valence-corrected chi connectivity index (χ3v) is 5.14. The van der Waals surface area contributed by atoms with Gasteiger partial charge in [0, 0.05) is 19.1 Å². The van der Waals surface area contributed by atoms with Crippen molar-refractivity contribution in [2.45, 2.75) is 13.2 Å². The maximum absolute atomic E-state index is 13.2. The summed E-state index contributed by atoms with van der Waals surface area (Å²) in [6.07, 6.45) is -0.590. The molecule has 2 aliphatic heterocycles. The SMILES string of the molecule is CCOC(=O)C1=NN(c2ccc(Cl)cc2)C2N(C)c3ccccc3C(=O)N(C)N12. The van der Waals surface area contributed by atoms with Gasteiger partial charge in [0.25, 0.3) is 11.7 Å². The molecule has 2 aromatic rings. The summed E-state index contributed by atoms with van der Waals surface area (Å²) in [4.78, 5) is 27.7. The maximum Gasteiger partial charge on any atom is 0.377 e. The third kappa shape index (κ3) is 3.05. The number of halogens is 1. The van der Waals surface area contributed by atoms with Gasteiger partial charge in [0.05, 0.1) is 23.5 Å². The minimum absolute atomic E-state index is 0.0299. The Balaban J connectivity index is 1.88. The van der Waals surface area contributed by atoms with Crippen molar-refractivity contribution in [1.82, 2.24) is 10.0 Å². The number of amidine groups is 1. The lowest BCUT2D eigenvalue weighted by molar-refractivity contribution is -0.136. The van der Waals surface area contributed by atoms with Crippen LogP contribution in [-0.2, 0) is 9.53 Å². The highest BCUT2D eigenvalue weighted by Crippen LogP contribution is 2.35. The summed E-state index contributed by atoms with van der Waals surface area (Å²) in [5.41, 5.74) is 1.98. The highest BCUT2D eigenvalue weighted by atomic mass is 35.5. The molecule has 0 spiro atoms. The maximum atomic E-state index is 13.2. The van der Waals surface area contributed by atoms with E-state index in [1.54, 1.807) is 42.2 Å². The van der Waals surface area contributed by atoms with E-state index in [-0.39, 0.29) is 18.3 Å². The zero-order valence-corrected chi connectivity index (χ0v) is 17.0. The highest BCUT2D eigenvalue weighted by molar-refractivity contribution is 6.36. The van der Waals surface area contributed by atoms with Crippen molar-refractivity contribution >= 4 is 40.7 Å². The van der Waals surface area contributed by atoms with Crippen LogP contribution in [0.1, 0.15) is 17.3 Å². The van der Waals surface area contributed by atoms with Gasteiger partial charge in [0.1, 0.15) is 0 Å². The van der Waals surface area contributed by atoms with Crippen LogP contribution in [0.15, 0.2) is 53.6 Å². The number of fused-ring (bicyclic) bond motifs is 2. The normalized spacial score (nSPS) is 18.3. The fourth-order valence-corrected chi connectivity index (χ4v) is 3.64. The van der Waals surface area contributed by atoms with Crippen LogP contribution >= 0.6 is 11.6 Å². The van der Waals surface area contributed by atoms with Crippen LogP contribution in [0, 0.1) is 0 Å². The first kappa shape index (κ1) is 19.1. The number of hydrazone groups is 1. The summed E-state index contributed by atoms with van der Waals surface area (Å²) in [6, 6.07) is 14.4. The second-order valence-electron chi connectivity index (χ2n) is 6.61. The molecule has 29 heavy (non-hydrogen) atoms. The Hall–Kier alpha value is -3.26. The third-order valence-electron chi connectivity index (χ3n) is 4.88. The first-order chi connectivity index (χ1) is 13.9. The van der Waals surface area contributed by atoms with Crippen LogP contribution in [0.2, 0.25) is 5.02 Å². The summed E-state index contributed by atoms with van der Waals surface area (Å²) in [7, 11) is 3.47. The van der Waals surface area contributed by atoms with Crippen molar-refractivity contribution < 1.29 is 14.3 Å². The Morgan fingerprint density at radius 2 is 1.83 bits per heavy atom. The molecule has 0 aromatic heterocycles. The first-order valence-electron chi connectivity index (χ1n) is 9.13. The molecule has 0 N–H and O–H groups in total. The number of ether oxygens (including phenoxy) is 1. The van der Waals surface area contributed by atoms with E-state index in [4.69, 9.17) is 16.3 Å². The summed E-state index contributed by atoms with van der Waals surface area (Å²) in [5, 5.41) is 9.74. The molecular weight excluding hydrogens is 394 g/mol. The summed E-state index contributed by atoms with van der Waals surface area (Å²) >= 11 is 6.04. The van der Waals surface area contributed by atoms with E-state index in [1.807, 2.05) is 42.3 Å². The lowest BCUT2D eigenvalue weighted by Gasteiger charge is -2.39. The fraction of sp³-hybridized carbons (Fsp3) is 0.250. The van der Waals surface area contributed by atoms with Crippen LogP contribution in [0.3, 0.4) is 0 Å². The van der Waals surface area contributed by atoms with Crippen LogP contribution in [0.5, 0.6) is 0 Å². The Morgan fingerprint density at radius 1 is 1.14 bits per heavy atom. The van der Waals surface area contributed by atoms with Crippen molar-refractivity contribution in [1.29, 1.82) is 0 Å². The average Bonchev–Trinajstić information content (AvgIpc) is 3.10. The van der Waals surface area contributed by atoms with Crippen LogP contribution < -0.4 is 9.91 Å². The number of benzene rings is 2. The van der Waals surface area contributed by atoms with E-state index in [1.165, 1.54) is 5.01 Å². The Bertz CT molecular complexity index is 994. The Morgan fingerprint density at radius 3 is 2.52 bits per heavy atom. The van der Waals surface area contributed by atoms with Gasteiger partial charge in [-0.3, -0.25) is 4.79 Å². The number of hydrogen-bond acceptors (Lipinski definition) is 7. The van der Waals surface area contributed by atoms with Gasteiger partial charge in [0.15, 0.2) is 0 Å². The van der Waals surface area contributed by atoms with Crippen molar-refractivity contribution in [3.63, 3.8) is 0 Å². The second-order valence-corrected chi connectivity index (χ2v) is 7.05. The molecule has 9 heteroatoms. The molecule has 0 saturated heterocycles. The lowest BCUT2D eigenvalue weighted by Crippen LogP contribution is -2.59. The van der Waals surface area contributed by atoms with Crippen molar-refractivity contribution in [2.24, 2.45) is 5.10 Å². The number of nitrogens with zero attached hydrogens (tertiary/aromatic N) is 5. The zero-order chi connectivity index (χ0) is 20.7. The average molecular weight is 414 g/mol. The fourth-order valence-electron chi connectivity index (χ4n) is 3.51. The topological polar surface area (TPSA) is 68.7 Å². The van der Waals surface area contributed by atoms with E-state index in [9.17, 15) is 9.59 Å². The highest BCUT2D eigenvalue weighted by Gasteiger charge is 2.48. The van der Waals surface area contributed by atoms with Crippen LogP contribution in [-0.4, -0.2) is 54.7 Å². The largest absolute Gasteiger partial charge is 0.460 e. The minimum atomic E-state index is -0.604. The van der Waals surface area contributed by atoms with Gasteiger partial charge < -0.3 is 9.64 Å². The van der Waals surface area contributed by atoms with Gasteiger partial charge >= 0.3 is 5.97 Å². The number of hydrazine groups is 1. The minimum Gasteiger partial charge on any atom is -0.460 e. The predicted molar refractivity (Wildman–Crippen MR) is 111 cm³/mol. The molecule has 2 heterocycles. The summed E-state index contributed by atoms with van der Waals surface area (Å²) in [6.45, 7) is 1.92. The molecule has 2 aromatic carbocycles. The number of rotatable bonds is 3. The molecular formula is C20H20ClN5O3. The van der Waals surface area contributed by atoms with Gasteiger partial charge in [-0.25, -0.2) is 19.8 Å². The van der Waals surface area contributed by atoms with Gasteiger partial charge in [-0.05, 0) is 43.3 Å². The van der Waals surface area contributed by atoms with Crippen molar-refractivity contribution in [3.8, 4) is 0 Å². The van der Waals surface area contributed by atoms with Gasteiger partial charge in [-0.15, -0.1) is 5.10 Å². The van der Waals surface area contributed by atoms with E-state index < -0.39 is 12.3 Å².